The van der Waals surface area contributed by atoms with E-state index in [1.807, 2.05) is 18.4 Å². The second-order valence-electron chi connectivity index (χ2n) is 5.03. The largest absolute Gasteiger partial charge is 0.481 e. The van der Waals surface area contributed by atoms with E-state index < -0.39 is 0 Å². The van der Waals surface area contributed by atoms with Gasteiger partial charge in [-0.3, -0.25) is 0 Å². The van der Waals surface area contributed by atoms with Gasteiger partial charge in [-0.2, -0.15) is 0 Å². The summed E-state index contributed by atoms with van der Waals surface area (Å²) in [5.74, 6) is 0.907. The number of benzene rings is 1. The predicted molar refractivity (Wildman–Crippen MR) is 79.7 cm³/mol. The van der Waals surface area contributed by atoms with Crippen molar-refractivity contribution in [1.29, 1.82) is 0 Å². The normalized spacial score (nSPS) is 19.8. The molecule has 3 heteroatoms. The Kier molecular flexibility index (Phi) is 5.10. The van der Waals surface area contributed by atoms with Crippen molar-refractivity contribution < 1.29 is 14.6 Å². The first-order valence-corrected chi connectivity index (χ1v) is 7.11. The second-order valence-corrected chi connectivity index (χ2v) is 5.03. The maximum Gasteiger partial charge on any atom is 0.275 e. The third kappa shape index (κ3) is 3.80. The molecule has 0 aliphatic heterocycles. The Morgan fingerprint density at radius 3 is 2.65 bits per heavy atom. The van der Waals surface area contributed by atoms with Crippen LogP contribution in [0.25, 0.3) is 0 Å². The van der Waals surface area contributed by atoms with Crippen LogP contribution in [0, 0.1) is 0 Å². The fraction of sp³-hybridized carbons (Fsp3) is 0.412. The van der Waals surface area contributed by atoms with Gasteiger partial charge >= 0.3 is 0 Å². The zero-order chi connectivity index (χ0) is 14.4. The van der Waals surface area contributed by atoms with Crippen LogP contribution in [0.3, 0.4) is 0 Å². The molecule has 1 aromatic rings. The molecular formula is C17H22O3. The van der Waals surface area contributed by atoms with Crippen LogP contribution in [0.1, 0.15) is 38.2 Å². The zero-order valence-corrected chi connectivity index (χ0v) is 12.2. The van der Waals surface area contributed by atoms with Gasteiger partial charge in [0.2, 0.25) is 0 Å². The molecule has 0 radical (unpaired) electrons. The molecule has 1 saturated carbocycles. The summed E-state index contributed by atoms with van der Waals surface area (Å²) in [5, 5.41) is 9.63. The van der Waals surface area contributed by atoms with Crippen LogP contribution >= 0.6 is 0 Å². The molecule has 3 nitrogen and oxygen atoms in total. The van der Waals surface area contributed by atoms with Crippen LogP contribution in [0.4, 0.5) is 0 Å². The van der Waals surface area contributed by atoms with Gasteiger partial charge in [0.15, 0.2) is 0 Å². The molecule has 0 bridgehead atoms. The van der Waals surface area contributed by atoms with Gasteiger partial charge in [0, 0.05) is 5.57 Å². The van der Waals surface area contributed by atoms with Gasteiger partial charge in [-0.15, -0.1) is 0 Å². The number of allylic oxidation sites excluding steroid dienone is 2. The summed E-state index contributed by atoms with van der Waals surface area (Å²) in [6, 6.07) is 8.14. The van der Waals surface area contributed by atoms with Crippen molar-refractivity contribution in [2.75, 3.05) is 7.11 Å². The number of methoxy groups -OCH3 is 1. The highest BCUT2D eigenvalue weighted by atomic mass is 16.6. The molecule has 0 spiro atoms. The molecule has 0 heterocycles. The molecule has 1 fully saturated rings. The van der Waals surface area contributed by atoms with Crippen molar-refractivity contribution in [3.63, 3.8) is 0 Å². The van der Waals surface area contributed by atoms with E-state index in [2.05, 4.69) is 19.1 Å². The van der Waals surface area contributed by atoms with Crippen LogP contribution in [0.5, 0.6) is 5.75 Å². The fourth-order valence-electron chi connectivity index (χ4n) is 2.36. The van der Waals surface area contributed by atoms with E-state index in [0.717, 1.165) is 43.4 Å². The minimum atomic E-state index is 0.0582. The van der Waals surface area contributed by atoms with Crippen molar-refractivity contribution in [3.8, 4) is 5.75 Å². The van der Waals surface area contributed by atoms with E-state index in [1.54, 1.807) is 0 Å². The monoisotopic (exact) mass is 274 g/mol. The van der Waals surface area contributed by atoms with Crippen molar-refractivity contribution in [3.05, 3.63) is 53.2 Å². The Bertz CT molecular complexity index is 497. The van der Waals surface area contributed by atoms with Crippen LogP contribution in [0.15, 0.2) is 47.6 Å². The minimum Gasteiger partial charge on any atom is -0.481 e. The molecular weight excluding hydrogens is 252 g/mol. The Balaban J connectivity index is 2.00. The molecule has 0 amide bonds. The maximum absolute atomic E-state index is 9.63. The number of hydrogen-bond donors (Lipinski definition) is 1. The Morgan fingerprint density at radius 1 is 1.25 bits per heavy atom. The van der Waals surface area contributed by atoms with Gasteiger partial charge in [-0.25, -0.2) is 0 Å². The highest BCUT2D eigenvalue weighted by Gasteiger charge is 2.15. The molecule has 108 valence electrons. The third-order valence-electron chi connectivity index (χ3n) is 3.61. The lowest BCUT2D eigenvalue weighted by atomic mass is 9.91. The average Bonchev–Trinajstić information content (AvgIpc) is 2.53. The standard InChI is InChI=1S/C17H22O3/c1-3-13-7-9-16(10-8-13)20-12-14-5-4-6-15(11-14)17(18)19-2/h7-10,12,18H,3-6,11H2,1-2H3/b14-12+,17-15+. The quantitative estimate of drug-likeness (QED) is 0.821. The predicted octanol–water partition coefficient (Wildman–Crippen LogP) is 4.50. The molecule has 1 N–H and O–H groups in total. The maximum atomic E-state index is 9.63. The van der Waals surface area contributed by atoms with E-state index in [1.165, 1.54) is 18.2 Å². The van der Waals surface area contributed by atoms with Gasteiger partial charge in [-0.05, 0) is 55.4 Å². The lowest BCUT2D eigenvalue weighted by molar-refractivity contribution is 0.128. The number of hydrogen-bond acceptors (Lipinski definition) is 3. The summed E-state index contributed by atoms with van der Waals surface area (Å²) in [5.41, 5.74) is 3.45. The minimum absolute atomic E-state index is 0.0582. The van der Waals surface area contributed by atoms with E-state index >= 15 is 0 Å². The first-order valence-electron chi connectivity index (χ1n) is 7.11. The summed E-state index contributed by atoms with van der Waals surface area (Å²) < 4.78 is 10.6. The lowest BCUT2D eigenvalue weighted by Gasteiger charge is -2.18. The molecule has 1 aromatic carbocycles. The van der Waals surface area contributed by atoms with Crippen LogP contribution in [-0.2, 0) is 11.2 Å². The Morgan fingerprint density at radius 2 is 2.00 bits per heavy atom. The second kappa shape index (κ2) is 7.04. The van der Waals surface area contributed by atoms with Gasteiger partial charge < -0.3 is 14.6 Å². The fourth-order valence-corrected chi connectivity index (χ4v) is 2.36. The van der Waals surface area contributed by atoms with Crippen LogP contribution < -0.4 is 4.74 Å². The number of ether oxygens (including phenoxy) is 2. The Hall–Kier alpha value is -1.90. The van der Waals surface area contributed by atoms with Gasteiger partial charge in [0.05, 0.1) is 13.4 Å². The first-order chi connectivity index (χ1) is 9.72. The molecule has 1 aliphatic rings. The molecule has 2 rings (SSSR count). The van der Waals surface area contributed by atoms with Gasteiger partial charge in [-0.1, -0.05) is 19.1 Å². The molecule has 0 aromatic heterocycles. The number of aliphatic hydroxyl groups is 1. The Labute approximate surface area is 120 Å². The van der Waals surface area contributed by atoms with E-state index in [9.17, 15) is 5.11 Å². The molecule has 0 unspecified atom stereocenters. The lowest BCUT2D eigenvalue weighted by Crippen LogP contribution is -2.03. The SMILES string of the molecule is CCc1ccc(O/C=C2\CCC/C(=C(/O)OC)C2)cc1. The van der Waals surface area contributed by atoms with Crippen LogP contribution in [-0.4, -0.2) is 12.2 Å². The van der Waals surface area contributed by atoms with Gasteiger partial charge in [0.1, 0.15) is 5.75 Å². The number of aliphatic hydroxyl groups excluding tert-OH is 1. The summed E-state index contributed by atoms with van der Waals surface area (Å²) in [7, 11) is 1.49. The highest BCUT2D eigenvalue weighted by Crippen LogP contribution is 2.30. The summed E-state index contributed by atoms with van der Waals surface area (Å²) in [6.07, 6.45) is 6.49. The van der Waals surface area contributed by atoms with Gasteiger partial charge in [0.25, 0.3) is 5.95 Å². The van der Waals surface area contributed by atoms with Crippen molar-refractivity contribution in [1.82, 2.24) is 0 Å². The molecule has 0 atom stereocenters. The molecule has 0 saturated heterocycles. The topological polar surface area (TPSA) is 38.7 Å². The summed E-state index contributed by atoms with van der Waals surface area (Å²) >= 11 is 0. The van der Waals surface area contributed by atoms with E-state index in [4.69, 9.17) is 9.47 Å². The zero-order valence-electron chi connectivity index (χ0n) is 12.2. The van der Waals surface area contributed by atoms with Crippen molar-refractivity contribution in [2.45, 2.75) is 39.0 Å². The molecule has 1 aliphatic carbocycles. The summed E-state index contributed by atoms with van der Waals surface area (Å²) in [6.45, 7) is 2.13. The average molecular weight is 274 g/mol. The smallest absolute Gasteiger partial charge is 0.275 e. The van der Waals surface area contributed by atoms with Crippen molar-refractivity contribution >= 4 is 0 Å². The van der Waals surface area contributed by atoms with E-state index in [-0.39, 0.29) is 5.95 Å². The number of aryl methyl sites for hydroxylation is 1. The first kappa shape index (κ1) is 14.5. The number of rotatable bonds is 4. The van der Waals surface area contributed by atoms with E-state index in [0.29, 0.717) is 0 Å². The summed E-state index contributed by atoms with van der Waals surface area (Å²) in [4.78, 5) is 0. The van der Waals surface area contributed by atoms with Crippen molar-refractivity contribution in [2.24, 2.45) is 0 Å². The molecule has 20 heavy (non-hydrogen) atoms. The highest BCUT2D eigenvalue weighted by molar-refractivity contribution is 5.28. The third-order valence-corrected chi connectivity index (χ3v) is 3.61. The van der Waals surface area contributed by atoms with Crippen LogP contribution in [0.2, 0.25) is 0 Å².